The topological polar surface area (TPSA) is 71.1 Å². The minimum atomic E-state index is -0.481. The van der Waals surface area contributed by atoms with E-state index in [0.29, 0.717) is 33.4 Å². The van der Waals surface area contributed by atoms with Crippen LogP contribution < -0.4 is 14.2 Å². The van der Waals surface area contributed by atoms with Gasteiger partial charge in [0.2, 0.25) is 0 Å². The molecule has 0 saturated heterocycles. The number of methoxy groups -OCH3 is 3. The molecule has 2 aromatic rings. The van der Waals surface area contributed by atoms with E-state index in [1.807, 2.05) is 0 Å². The molecule has 0 aromatic heterocycles. The lowest BCUT2D eigenvalue weighted by atomic mass is 10.1. The van der Waals surface area contributed by atoms with Crippen molar-refractivity contribution in [3.05, 3.63) is 52.5 Å². The minimum Gasteiger partial charge on any atom is -0.496 e. The summed E-state index contributed by atoms with van der Waals surface area (Å²) in [4.78, 5) is 24.3. The van der Waals surface area contributed by atoms with Crippen LogP contribution in [0.5, 0.6) is 17.2 Å². The van der Waals surface area contributed by atoms with Crippen LogP contribution in [0.4, 0.5) is 0 Å². The van der Waals surface area contributed by atoms with Crippen LogP contribution >= 0.6 is 11.6 Å². The quantitative estimate of drug-likeness (QED) is 0.473. The van der Waals surface area contributed by atoms with Gasteiger partial charge in [-0.15, -0.1) is 0 Å². The van der Waals surface area contributed by atoms with Crippen LogP contribution in [0, 0.1) is 0 Å². The molecule has 7 heteroatoms. The summed E-state index contributed by atoms with van der Waals surface area (Å²) in [5, 5.41) is 0.519. The Morgan fingerprint density at radius 3 is 2.19 bits per heavy atom. The Morgan fingerprint density at radius 1 is 0.852 bits per heavy atom. The molecule has 6 nitrogen and oxygen atoms in total. The highest BCUT2D eigenvalue weighted by molar-refractivity contribution is 6.30. The number of ether oxygens (including phenoxy) is 4. The molecule has 2 rings (SSSR count). The van der Waals surface area contributed by atoms with Gasteiger partial charge in [-0.25, -0.2) is 0 Å². The van der Waals surface area contributed by atoms with E-state index in [9.17, 15) is 9.59 Å². The Hall–Kier alpha value is -2.73. The first-order chi connectivity index (χ1) is 13.0. The van der Waals surface area contributed by atoms with Crippen LogP contribution in [0.1, 0.15) is 28.8 Å². The molecular formula is C20H21ClO6. The van der Waals surface area contributed by atoms with Crippen LogP contribution in [-0.2, 0) is 16.1 Å². The number of rotatable bonds is 9. The van der Waals surface area contributed by atoms with E-state index in [0.717, 1.165) is 0 Å². The summed E-state index contributed by atoms with van der Waals surface area (Å²) >= 11 is 5.95. The molecule has 0 aliphatic heterocycles. The summed E-state index contributed by atoms with van der Waals surface area (Å²) in [7, 11) is 4.54. The predicted molar refractivity (Wildman–Crippen MR) is 101 cm³/mol. The first-order valence-corrected chi connectivity index (χ1v) is 8.59. The second-order valence-electron chi connectivity index (χ2n) is 5.61. The first kappa shape index (κ1) is 20.6. The number of ketones is 1. The second-order valence-corrected chi connectivity index (χ2v) is 6.05. The molecule has 0 fully saturated rings. The summed E-state index contributed by atoms with van der Waals surface area (Å²) in [6.45, 7) is 0.0209. The molecule has 144 valence electrons. The predicted octanol–water partition coefficient (Wildman–Crippen LogP) is 4.07. The molecule has 0 aliphatic rings. The smallest absolute Gasteiger partial charge is 0.306 e. The SMILES string of the molecule is COc1ccc(Cl)cc1COC(=O)CCC(=O)c1ccc(OC)c(OC)c1. The van der Waals surface area contributed by atoms with Gasteiger partial charge in [0.1, 0.15) is 12.4 Å². The number of carbonyl (C=O) groups is 2. The van der Waals surface area contributed by atoms with E-state index in [-0.39, 0.29) is 25.2 Å². The molecule has 0 aliphatic carbocycles. The average molecular weight is 393 g/mol. The van der Waals surface area contributed by atoms with Crippen molar-refractivity contribution in [1.82, 2.24) is 0 Å². The number of esters is 1. The van der Waals surface area contributed by atoms with Gasteiger partial charge in [-0.05, 0) is 36.4 Å². The van der Waals surface area contributed by atoms with Crippen molar-refractivity contribution >= 4 is 23.4 Å². The van der Waals surface area contributed by atoms with Gasteiger partial charge in [0.05, 0.1) is 27.8 Å². The Kier molecular flexibility index (Phi) is 7.49. The van der Waals surface area contributed by atoms with Crippen molar-refractivity contribution in [3.8, 4) is 17.2 Å². The molecule has 0 N–H and O–H groups in total. The Labute approximate surface area is 162 Å². The summed E-state index contributed by atoms with van der Waals surface area (Å²) in [6.07, 6.45) is -0.00292. The zero-order valence-electron chi connectivity index (χ0n) is 15.4. The summed E-state index contributed by atoms with van der Waals surface area (Å²) in [6, 6.07) is 9.92. The van der Waals surface area contributed by atoms with Crippen molar-refractivity contribution in [2.24, 2.45) is 0 Å². The maximum atomic E-state index is 12.3. The third-order valence-electron chi connectivity index (χ3n) is 3.89. The van der Waals surface area contributed by atoms with Crippen molar-refractivity contribution < 1.29 is 28.5 Å². The molecule has 0 bridgehead atoms. The molecule has 0 unspecified atom stereocenters. The highest BCUT2D eigenvalue weighted by atomic mass is 35.5. The van der Waals surface area contributed by atoms with E-state index in [1.54, 1.807) is 36.4 Å². The van der Waals surface area contributed by atoms with E-state index in [1.165, 1.54) is 21.3 Å². The lowest BCUT2D eigenvalue weighted by Gasteiger charge is -2.10. The molecule has 27 heavy (non-hydrogen) atoms. The van der Waals surface area contributed by atoms with E-state index in [4.69, 9.17) is 30.5 Å². The lowest BCUT2D eigenvalue weighted by molar-refractivity contribution is -0.144. The Balaban J connectivity index is 1.90. The van der Waals surface area contributed by atoms with Crippen LogP contribution in [-0.4, -0.2) is 33.1 Å². The monoisotopic (exact) mass is 392 g/mol. The molecule has 0 radical (unpaired) electrons. The van der Waals surface area contributed by atoms with Gasteiger partial charge in [0, 0.05) is 22.6 Å². The number of benzene rings is 2. The minimum absolute atomic E-state index is 0.0209. The van der Waals surface area contributed by atoms with Gasteiger partial charge in [0.15, 0.2) is 17.3 Å². The van der Waals surface area contributed by atoms with Gasteiger partial charge < -0.3 is 18.9 Å². The second kappa shape index (κ2) is 9.83. The van der Waals surface area contributed by atoms with Crippen molar-refractivity contribution in [1.29, 1.82) is 0 Å². The van der Waals surface area contributed by atoms with Crippen molar-refractivity contribution in [2.45, 2.75) is 19.4 Å². The summed E-state index contributed by atoms with van der Waals surface area (Å²) < 4.78 is 20.7. The molecule has 0 amide bonds. The fraction of sp³-hybridized carbons (Fsp3) is 0.300. The molecule has 2 aromatic carbocycles. The largest absolute Gasteiger partial charge is 0.496 e. The van der Waals surface area contributed by atoms with Gasteiger partial charge in [0.25, 0.3) is 0 Å². The average Bonchev–Trinajstić information content (AvgIpc) is 2.69. The number of Topliss-reactive ketones (excluding diaryl/α,β-unsaturated/α-hetero) is 1. The van der Waals surface area contributed by atoms with E-state index in [2.05, 4.69) is 0 Å². The van der Waals surface area contributed by atoms with Gasteiger partial charge >= 0.3 is 5.97 Å². The van der Waals surface area contributed by atoms with E-state index < -0.39 is 5.97 Å². The number of hydrogen-bond acceptors (Lipinski definition) is 6. The standard InChI is InChI=1S/C20H21ClO6/c1-24-17-8-5-15(21)10-14(17)12-27-20(23)9-6-16(22)13-4-7-18(25-2)19(11-13)26-3/h4-5,7-8,10-11H,6,9,12H2,1-3H3. The van der Waals surface area contributed by atoms with Gasteiger partial charge in [-0.1, -0.05) is 11.6 Å². The zero-order chi connectivity index (χ0) is 19.8. The molecule has 0 saturated carbocycles. The van der Waals surface area contributed by atoms with Gasteiger partial charge in [-0.3, -0.25) is 9.59 Å². The van der Waals surface area contributed by atoms with Crippen LogP contribution in [0.2, 0.25) is 5.02 Å². The fourth-order valence-corrected chi connectivity index (χ4v) is 2.65. The first-order valence-electron chi connectivity index (χ1n) is 8.21. The maximum absolute atomic E-state index is 12.3. The van der Waals surface area contributed by atoms with Gasteiger partial charge in [-0.2, -0.15) is 0 Å². The molecule has 0 atom stereocenters. The third kappa shape index (κ3) is 5.62. The molecule has 0 heterocycles. The zero-order valence-corrected chi connectivity index (χ0v) is 16.2. The summed E-state index contributed by atoms with van der Waals surface area (Å²) in [5.41, 5.74) is 1.10. The fourth-order valence-electron chi connectivity index (χ4n) is 2.46. The molecule has 0 spiro atoms. The van der Waals surface area contributed by atoms with Crippen LogP contribution in [0.15, 0.2) is 36.4 Å². The highest BCUT2D eigenvalue weighted by Gasteiger charge is 2.14. The van der Waals surface area contributed by atoms with Crippen LogP contribution in [0.25, 0.3) is 0 Å². The van der Waals surface area contributed by atoms with Crippen LogP contribution in [0.3, 0.4) is 0 Å². The Bertz CT molecular complexity index is 818. The normalized spacial score (nSPS) is 10.2. The van der Waals surface area contributed by atoms with Crippen molar-refractivity contribution in [2.75, 3.05) is 21.3 Å². The van der Waals surface area contributed by atoms with Crippen molar-refractivity contribution in [3.63, 3.8) is 0 Å². The lowest BCUT2D eigenvalue weighted by Crippen LogP contribution is -2.09. The summed E-state index contributed by atoms with van der Waals surface area (Å²) in [5.74, 6) is 0.899. The number of carbonyl (C=O) groups excluding carboxylic acids is 2. The number of hydrogen-bond donors (Lipinski definition) is 0. The van der Waals surface area contributed by atoms with E-state index >= 15 is 0 Å². The Morgan fingerprint density at radius 2 is 1.52 bits per heavy atom. The maximum Gasteiger partial charge on any atom is 0.306 e. The molecular weight excluding hydrogens is 372 g/mol. The highest BCUT2D eigenvalue weighted by Crippen LogP contribution is 2.28. The number of halogens is 1. The third-order valence-corrected chi connectivity index (χ3v) is 4.13.